The average molecular weight is 532 g/mol. The molecule has 0 spiro atoms. The third kappa shape index (κ3) is 6.82. The van der Waals surface area contributed by atoms with Gasteiger partial charge in [-0.3, -0.25) is 4.98 Å². The van der Waals surface area contributed by atoms with Crippen LogP contribution < -0.4 is 20.4 Å². The first-order valence-corrected chi connectivity index (χ1v) is 13.6. The molecule has 0 bridgehead atoms. The molecule has 1 aromatic carbocycles. The van der Waals surface area contributed by atoms with Gasteiger partial charge in [0.2, 0.25) is 0 Å². The van der Waals surface area contributed by atoms with Crippen LogP contribution in [-0.2, 0) is 9.47 Å². The Kier molecular flexibility index (Phi) is 8.23. The van der Waals surface area contributed by atoms with E-state index in [9.17, 15) is 4.79 Å². The summed E-state index contributed by atoms with van der Waals surface area (Å²) in [6.45, 7) is 11.6. The van der Waals surface area contributed by atoms with Crippen LogP contribution in [0.5, 0.6) is 0 Å². The van der Waals surface area contributed by atoms with E-state index in [-0.39, 0.29) is 30.4 Å². The van der Waals surface area contributed by atoms with Crippen molar-refractivity contribution in [2.45, 2.75) is 58.5 Å². The minimum atomic E-state index is -0.322. The van der Waals surface area contributed by atoms with Crippen LogP contribution in [0.3, 0.4) is 0 Å². The Hall–Kier alpha value is -3.76. The van der Waals surface area contributed by atoms with Crippen molar-refractivity contribution in [2.24, 2.45) is 0 Å². The first-order chi connectivity index (χ1) is 18.9. The van der Waals surface area contributed by atoms with E-state index < -0.39 is 0 Å². The van der Waals surface area contributed by atoms with Gasteiger partial charge in [0, 0.05) is 61.6 Å². The van der Waals surface area contributed by atoms with Crippen molar-refractivity contribution in [2.75, 3.05) is 46.6 Å². The van der Waals surface area contributed by atoms with E-state index in [0.717, 1.165) is 49.8 Å². The molecule has 2 N–H and O–H groups in total. The third-order valence-electron chi connectivity index (χ3n) is 6.89. The van der Waals surface area contributed by atoms with Crippen LogP contribution in [0.1, 0.15) is 34.1 Å². The Bertz CT molecular complexity index is 1250. The molecule has 0 aliphatic carbocycles. The summed E-state index contributed by atoms with van der Waals surface area (Å²) in [6, 6.07) is 12.8. The molecule has 2 fully saturated rings. The maximum atomic E-state index is 12.4. The van der Waals surface area contributed by atoms with E-state index in [4.69, 9.17) is 19.4 Å². The number of rotatable bonds is 6. The smallest absolute Gasteiger partial charge is 0.323 e. The molecule has 4 heterocycles. The van der Waals surface area contributed by atoms with Gasteiger partial charge in [0.25, 0.3) is 0 Å². The SMILES string of the molecule is CCC1CN(c2cc(N3C[C@@H](C)O[C@@H](C)C3)nc(-c3ccc(NC(=O)Nc4ccncc4)cc3)n2)CC(C)O1. The molecule has 2 aliphatic heterocycles. The number of aromatic nitrogens is 3. The van der Waals surface area contributed by atoms with Crippen molar-refractivity contribution in [1.29, 1.82) is 0 Å². The van der Waals surface area contributed by atoms with Gasteiger partial charge in [0.1, 0.15) is 11.6 Å². The molecule has 2 aliphatic rings. The molecule has 206 valence electrons. The molecule has 3 aromatic rings. The summed E-state index contributed by atoms with van der Waals surface area (Å²) in [7, 11) is 0. The zero-order valence-corrected chi connectivity index (χ0v) is 23.0. The van der Waals surface area contributed by atoms with Gasteiger partial charge in [-0.2, -0.15) is 0 Å². The van der Waals surface area contributed by atoms with Crippen LogP contribution in [0, 0.1) is 0 Å². The Morgan fingerprint density at radius 2 is 1.36 bits per heavy atom. The third-order valence-corrected chi connectivity index (χ3v) is 6.89. The maximum absolute atomic E-state index is 12.4. The first-order valence-electron chi connectivity index (χ1n) is 13.6. The molecule has 5 rings (SSSR count). The Morgan fingerprint density at radius 3 is 1.95 bits per heavy atom. The number of urea groups is 1. The lowest BCUT2D eigenvalue weighted by Crippen LogP contribution is -2.47. The van der Waals surface area contributed by atoms with Crippen molar-refractivity contribution in [3.05, 3.63) is 54.9 Å². The van der Waals surface area contributed by atoms with E-state index >= 15 is 0 Å². The highest BCUT2D eigenvalue weighted by molar-refractivity contribution is 5.99. The van der Waals surface area contributed by atoms with Crippen molar-refractivity contribution >= 4 is 29.0 Å². The second-order valence-corrected chi connectivity index (χ2v) is 10.3. The molecule has 0 radical (unpaired) electrons. The van der Waals surface area contributed by atoms with Gasteiger partial charge in [0.05, 0.1) is 24.4 Å². The van der Waals surface area contributed by atoms with Gasteiger partial charge in [-0.25, -0.2) is 14.8 Å². The van der Waals surface area contributed by atoms with E-state index in [1.807, 2.05) is 24.3 Å². The van der Waals surface area contributed by atoms with Gasteiger partial charge >= 0.3 is 6.03 Å². The highest BCUT2D eigenvalue weighted by atomic mass is 16.5. The summed E-state index contributed by atoms with van der Waals surface area (Å²) in [5.74, 6) is 2.44. The van der Waals surface area contributed by atoms with Crippen LogP contribution in [0.2, 0.25) is 0 Å². The molecular weight excluding hydrogens is 494 g/mol. The number of hydrogen-bond donors (Lipinski definition) is 2. The molecule has 0 saturated carbocycles. The predicted molar refractivity (Wildman–Crippen MR) is 153 cm³/mol. The van der Waals surface area contributed by atoms with E-state index in [1.54, 1.807) is 24.5 Å². The number of carbonyl (C=O) groups is 1. The van der Waals surface area contributed by atoms with E-state index in [2.05, 4.69) is 59.2 Å². The van der Waals surface area contributed by atoms with Crippen LogP contribution in [-0.4, -0.2) is 71.6 Å². The van der Waals surface area contributed by atoms with Gasteiger partial charge in [-0.15, -0.1) is 0 Å². The van der Waals surface area contributed by atoms with Crippen molar-refractivity contribution < 1.29 is 14.3 Å². The molecule has 4 atom stereocenters. The fourth-order valence-electron chi connectivity index (χ4n) is 5.13. The number of carbonyl (C=O) groups excluding carboxylic acids is 1. The number of benzene rings is 1. The minimum Gasteiger partial charge on any atom is -0.372 e. The quantitative estimate of drug-likeness (QED) is 0.467. The van der Waals surface area contributed by atoms with Crippen LogP contribution in [0.15, 0.2) is 54.9 Å². The van der Waals surface area contributed by atoms with E-state index in [0.29, 0.717) is 17.2 Å². The van der Waals surface area contributed by atoms with Gasteiger partial charge in [-0.05, 0) is 63.6 Å². The number of morpholine rings is 2. The van der Waals surface area contributed by atoms with Gasteiger partial charge < -0.3 is 29.9 Å². The molecule has 2 unspecified atom stereocenters. The van der Waals surface area contributed by atoms with Gasteiger partial charge in [-0.1, -0.05) is 6.92 Å². The summed E-state index contributed by atoms with van der Waals surface area (Å²) < 4.78 is 12.1. The maximum Gasteiger partial charge on any atom is 0.323 e. The summed E-state index contributed by atoms with van der Waals surface area (Å²) >= 11 is 0. The fraction of sp³-hybridized carbons (Fsp3) is 0.448. The molecule has 2 aromatic heterocycles. The lowest BCUT2D eigenvalue weighted by molar-refractivity contribution is -0.0174. The van der Waals surface area contributed by atoms with Crippen LogP contribution >= 0.6 is 0 Å². The van der Waals surface area contributed by atoms with Crippen molar-refractivity contribution in [3.8, 4) is 11.4 Å². The number of amides is 2. The number of anilines is 4. The lowest BCUT2D eigenvalue weighted by atomic mass is 10.1. The summed E-state index contributed by atoms with van der Waals surface area (Å²) in [5.41, 5.74) is 2.22. The van der Waals surface area contributed by atoms with Crippen LogP contribution in [0.25, 0.3) is 11.4 Å². The van der Waals surface area contributed by atoms with Crippen LogP contribution in [0.4, 0.5) is 27.8 Å². The number of ether oxygens (including phenoxy) is 2. The zero-order chi connectivity index (χ0) is 27.4. The highest BCUT2D eigenvalue weighted by Crippen LogP contribution is 2.29. The molecule has 10 nitrogen and oxygen atoms in total. The molecular formula is C29H37N7O3. The zero-order valence-electron chi connectivity index (χ0n) is 23.0. The predicted octanol–water partition coefficient (Wildman–Crippen LogP) is 4.80. The molecule has 10 heteroatoms. The average Bonchev–Trinajstić information content (AvgIpc) is 2.93. The summed E-state index contributed by atoms with van der Waals surface area (Å²) in [6.07, 6.45) is 4.74. The van der Waals surface area contributed by atoms with Gasteiger partial charge in [0.15, 0.2) is 5.82 Å². The summed E-state index contributed by atoms with van der Waals surface area (Å²) in [4.78, 5) is 31.0. The normalized spacial score (nSPS) is 23.4. The number of nitrogens with one attached hydrogen (secondary N) is 2. The molecule has 39 heavy (non-hydrogen) atoms. The highest BCUT2D eigenvalue weighted by Gasteiger charge is 2.28. The van der Waals surface area contributed by atoms with Crippen molar-refractivity contribution in [3.63, 3.8) is 0 Å². The number of hydrogen-bond acceptors (Lipinski definition) is 8. The minimum absolute atomic E-state index is 0.118. The first kappa shape index (κ1) is 26.8. The topological polar surface area (TPSA) is 105 Å². The standard InChI is InChI=1S/C29H37N7O3/c1-5-25-18-36(17-21(4)39-25)27-14-26(35-15-19(2)38-20(3)16-35)33-28(34-27)22-6-8-23(9-7-22)31-29(37)32-24-10-12-30-13-11-24/h6-14,19-21,25H,5,15-18H2,1-4H3,(H2,30,31,32,37)/t19-,20+,21?,25?. The number of pyridine rings is 1. The Morgan fingerprint density at radius 1 is 0.821 bits per heavy atom. The second kappa shape index (κ2) is 12.0. The van der Waals surface area contributed by atoms with Crippen molar-refractivity contribution in [1.82, 2.24) is 15.0 Å². The largest absolute Gasteiger partial charge is 0.372 e. The Labute approximate surface area is 229 Å². The molecule has 2 amide bonds. The Balaban J connectivity index is 1.40. The second-order valence-electron chi connectivity index (χ2n) is 10.3. The lowest BCUT2D eigenvalue weighted by Gasteiger charge is -2.39. The summed E-state index contributed by atoms with van der Waals surface area (Å²) in [5, 5.41) is 5.66. The molecule has 2 saturated heterocycles. The fourth-order valence-corrected chi connectivity index (χ4v) is 5.13. The monoisotopic (exact) mass is 531 g/mol. The number of nitrogens with zero attached hydrogens (tertiary/aromatic N) is 5. The van der Waals surface area contributed by atoms with E-state index in [1.165, 1.54) is 0 Å².